The third kappa shape index (κ3) is 4.87. The lowest BCUT2D eigenvalue weighted by molar-refractivity contribution is 0.102. The number of sulfonamides is 1. The van der Waals surface area contributed by atoms with Crippen LogP contribution in [0.4, 0.5) is 11.4 Å². The highest BCUT2D eigenvalue weighted by atomic mass is 35.5. The van der Waals surface area contributed by atoms with Gasteiger partial charge in [0.25, 0.3) is 5.91 Å². The molecule has 8 heteroatoms. The Morgan fingerprint density at radius 3 is 2.54 bits per heavy atom. The van der Waals surface area contributed by atoms with Crippen LogP contribution in [-0.4, -0.2) is 27.2 Å². The summed E-state index contributed by atoms with van der Waals surface area (Å²) >= 11 is 6.09. The van der Waals surface area contributed by atoms with Crippen LogP contribution in [0.5, 0.6) is 5.75 Å². The number of anilines is 2. The van der Waals surface area contributed by atoms with Crippen LogP contribution in [0.2, 0.25) is 5.02 Å². The third-order valence-corrected chi connectivity index (χ3v) is 3.87. The Kier molecular flexibility index (Phi) is 5.69. The Balaban J connectivity index is 2.22. The molecule has 0 saturated heterocycles. The fourth-order valence-corrected chi connectivity index (χ4v) is 2.84. The van der Waals surface area contributed by atoms with Gasteiger partial charge in [-0.3, -0.25) is 9.52 Å². The average Bonchev–Trinajstić information content (AvgIpc) is 2.48. The van der Waals surface area contributed by atoms with Crippen LogP contribution >= 0.6 is 11.6 Å². The molecule has 6 nitrogen and oxygen atoms in total. The highest BCUT2D eigenvalue weighted by Gasteiger charge is 2.14. The molecule has 1 amide bonds. The summed E-state index contributed by atoms with van der Waals surface area (Å²) in [7, 11) is -3.41. The number of ether oxygens (including phenoxy) is 1. The molecule has 24 heavy (non-hydrogen) atoms. The molecular formula is C16H17ClN2O4S. The first-order chi connectivity index (χ1) is 11.3. The summed E-state index contributed by atoms with van der Waals surface area (Å²) in [4.78, 5) is 12.4. The van der Waals surface area contributed by atoms with Crippen molar-refractivity contribution in [1.82, 2.24) is 0 Å². The fraction of sp³-hybridized carbons (Fsp3) is 0.188. The van der Waals surface area contributed by atoms with Crippen molar-refractivity contribution in [2.45, 2.75) is 6.92 Å². The molecule has 0 saturated carbocycles. The van der Waals surface area contributed by atoms with Crippen LogP contribution in [0.25, 0.3) is 0 Å². The van der Waals surface area contributed by atoms with Crippen LogP contribution in [-0.2, 0) is 10.0 Å². The minimum atomic E-state index is -3.41. The van der Waals surface area contributed by atoms with E-state index < -0.39 is 15.9 Å². The predicted molar refractivity (Wildman–Crippen MR) is 95.5 cm³/mol. The quantitative estimate of drug-likeness (QED) is 0.818. The van der Waals surface area contributed by atoms with Crippen LogP contribution in [0, 0.1) is 0 Å². The SMILES string of the molecule is CCOc1ccccc1NC(=O)c1ccc(NS(C)(=O)=O)cc1Cl. The van der Waals surface area contributed by atoms with Crippen molar-refractivity contribution in [2.75, 3.05) is 22.9 Å². The smallest absolute Gasteiger partial charge is 0.257 e. The van der Waals surface area contributed by atoms with Crippen molar-refractivity contribution in [3.05, 3.63) is 53.1 Å². The monoisotopic (exact) mass is 368 g/mol. The van der Waals surface area contributed by atoms with Gasteiger partial charge in [-0.15, -0.1) is 0 Å². The Morgan fingerprint density at radius 1 is 1.21 bits per heavy atom. The number of carbonyl (C=O) groups is 1. The molecule has 0 fully saturated rings. The number of hydrogen-bond donors (Lipinski definition) is 2. The lowest BCUT2D eigenvalue weighted by Crippen LogP contribution is -2.14. The maximum absolute atomic E-state index is 12.4. The molecule has 0 atom stereocenters. The van der Waals surface area contributed by atoms with Crippen molar-refractivity contribution >= 4 is 38.9 Å². The summed E-state index contributed by atoms with van der Waals surface area (Å²) in [6.07, 6.45) is 1.03. The van der Waals surface area contributed by atoms with Gasteiger partial charge in [0.05, 0.1) is 29.1 Å². The van der Waals surface area contributed by atoms with Gasteiger partial charge in [-0.05, 0) is 37.3 Å². The second-order valence-corrected chi connectivity index (χ2v) is 7.11. The van der Waals surface area contributed by atoms with Crippen LogP contribution < -0.4 is 14.8 Å². The van der Waals surface area contributed by atoms with Gasteiger partial charge in [-0.2, -0.15) is 0 Å². The summed E-state index contributed by atoms with van der Waals surface area (Å²) in [6.45, 7) is 2.32. The molecule has 2 aromatic carbocycles. The molecule has 0 radical (unpaired) electrons. The minimum Gasteiger partial charge on any atom is -0.492 e. The van der Waals surface area contributed by atoms with E-state index in [1.165, 1.54) is 18.2 Å². The van der Waals surface area contributed by atoms with Gasteiger partial charge in [0.15, 0.2) is 0 Å². The maximum Gasteiger partial charge on any atom is 0.257 e. The number of rotatable bonds is 6. The number of para-hydroxylation sites is 2. The van der Waals surface area contributed by atoms with E-state index in [1.807, 2.05) is 6.92 Å². The second-order valence-electron chi connectivity index (χ2n) is 4.95. The van der Waals surface area contributed by atoms with E-state index in [-0.39, 0.29) is 16.3 Å². The van der Waals surface area contributed by atoms with Gasteiger partial charge in [0.1, 0.15) is 5.75 Å². The summed E-state index contributed by atoms with van der Waals surface area (Å²) < 4.78 is 30.2. The summed E-state index contributed by atoms with van der Waals surface area (Å²) in [5, 5.41) is 2.87. The highest BCUT2D eigenvalue weighted by Crippen LogP contribution is 2.26. The normalized spacial score (nSPS) is 11.0. The summed E-state index contributed by atoms with van der Waals surface area (Å²) in [5.41, 5.74) is 1.04. The zero-order valence-corrected chi connectivity index (χ0v) is 14.7. The molecule has 0 aromatic heterocycles. The predicted octanol–water partition coefficient (Wildman–Crippen LogP) is 3.36. The van der Waals surface area contributed by atoms with Crippen molar-refractivity contribution in [3.63, 3.8) is 0 Å². The van der Waals surface area contributed by atoms with Crippen molar-refractivity contribution < 1.29 is 17.9 Å². The maximum atomic E-state index is 12.4. The molecule has 0 aliphatic heterocycles. The fourth-order valence-electron chi connectivity index (χ4n) is 2.02. The minimum absolute atomic E-state index is 0.134. The standard InChI is InChI=1S/C16H17ClN2O4S/c1-3-23-15-7-5-4-6-14(15)18-16(20)12-9-8-11(10-13(12)17)19-24(2,21)22/h4-10,19H,3H2,1-2H3,(H,18,20). The topological polar surface area (TPSA) is 84.5 Å². The molecule has 2 rings (SSSR count). The number of benzene rings is 2. The number of carbonyl (C=O) groups excluding carboxylic acids is 1. The first-order valence-electron chi connectivity index (χ1n) is 7.10. The third-order valence-electron chi connectivity index (χ3n) is 2.95. The Labute approximate surface area is 145 Å². The largest absolute Gasteiger partial charge is 0.492 e. The van der Waals surface area contributed by atoms with E-state index in [4.69, 9.17) is 16.3 Å². The molecule has 0 bridgehead atoms. The van der Waals surface area contributed by atoms with Crippen LogP contribution in [0.1, 0.15) is 17.3 Å². The number of hydrogen-bond acceptors (Lipinski definition) is 4. The van der Waals surface area contributed by atoms with Crippen LogP contribution in [0.3, 0.4) is 0 Å². The molecular weight excluding hydrogens is 352 g/mol. The average molecular weight is 369 g/mol. The zero-order valence-electron chi connectivity index (χ0n) is 13.2. The van der Waals surface area contributed by atoms with Gasteiger partial charge < -0.3 is 10.1 Å². The number of halogens is 1. The Hall–Kier alpha value is -2.25. The highest BCUT2D eigenvalue weighted by molar-refractivity contribution is 7.92. The van der Waals surface area contributed by atoms with E-state index in [9.17, 15) is 13.2 Å². The molecule has 0 aliphatic carbocycles. The second kappa shape index (κ2) is 7.55. The van der Waals surface area contributed by atoms with Gasteiger partial charge in [0, 0.05) is 5.69 Å². The zero-order chi connectivity index (χ0) is 17.7. The van der Waals surface area contributed by atoms with Crippen molar-refractivity contribution in [3.8, 4) is 5.75 Å². The van der Waals surface area contributed by atoms with Crippen molar-refractivity contribution in [2.24, 2.45) is 0 Å². The van der Waals surface area contributed by atoms with E-state index in [1.54, 1.807) is 24.3 Å². The Bertz CT molecular complexity index is 853. The summed E-state index contributed by atoms with van der Waals surface area (Å²) in [5.74, 6) is 0.137. The molecule has 0 heterocycles. The first-order valence-corrected chi connectivity index (χ1v) is 9.37. The van der Waals surface area contributed by atoms with Gasteiger partial charge in [-0.1, -0.05) is 23.7 Å². The van der Waals surface area contributed by atoms with E-state index in [2.05, 4.69) is 10.0 Å². The molecule has 128 valence electrons. The molecule has 2 N–H and O–H groups in total. The van der Waals surface area contributed by atoms with E-state index in [0.717, 1.165) is 6.26 Å². The van der Waals surface area contributed by atoms with Gasteiger partial charge in [-0.25, -0.2) is 8.42 Å². The molecule has 0 aliphatic rings. The Morgan fingerprint density at radius 2 is 1.92 bits per heavy atom. The van der Waals surface area contributed by atoms with Crippen molar-refractivity contribution in [1.29, 1.82) is 0 Å². The number of amides is 1. The lowest BCUT2D eigenvalue weighted by atomic mass is 10.2. The number of nitrogens with one attached hydrogen (secondary N) is 2. The molecule has 2 aromatic rings. The first kappa shape index (κ1) is 18.1. The van der Waals surface area contributed by atoms with Crippen LogP contribution in [0.15, 0.2) is 42.5 Å². The van der Waals surface area contributed by atoms with E-state index >= 15 is 0 Å². The van der Waals surface area contributed by atoms with Gasteiger partial charge >= 0.3 is 0 Å². The molecule has 0 spiro atoms. The lowest BCUT2D eigenvalue weighted by Gasteiger charge is -2.12. The van der Waals surface area contributed by atoms with E-state index in [0.29, 0.717) is 18.0 Å². The van der Waals surface area contributed by atoms with Gasteiger partial charge in [0.2, 0.25) is 10.0 Å². The summed E-state index contributed by atoms with van der Waals surface area (Å²) in [6, 6.07) is 11.4. The molecule has 0 unspecified atom stereocenters.